The van der Waals surface area contributed by atoms with Crippen molar-refractivity contribution in [1.29, 1.82) is 0 Å². The topological polar surface area (TPSA) is 52.2 Å². The molecule has 0 bridgehead atoms. The van der Waals surface area contributed by atoms with Gasteiger partial charge in [0.05, 0.1) is 0 Å². The predicted octanol–water partition coefficient (Wildman–Crippen LogP) is -3.03. The molecule has 1 N–H and O–H groups in total. The Morgan fingerprint density at radius 3 is 2.58 bits per heavy atom. The highest BCUT2D eigenvalue weighted by Crippen LogP contribution is 1.97. The quantitative estimate of drug-likeness (QED) is 0.442. The van der Waals surface area contributed by atoms with Gasteiger partial charge in [0.15, 0.2) is 0 Å². The van der Waals surface area contributed by atoms with Gasteiger partial charge >= 0.3 is 24.0 Å². The Labute approximate surface area is 89.9 Å². The molecule has 0 saturated heterocycles. The summed E-state index contributed by atoms with van der Waals surface area (Å²) in [6.07, 6.45) is -0.387. The minimum atomic E-state index is -1.23. The predicted molar refractivity (Wildman–Crippen MR) is 40.6 cm³/mol. The van der Waals surface area contributed by atoms with Gasteiger partial charge < -0.3 is 15.2 Å². The first-order chi connectivity index (χ1) is 5.20. The summed E-state index contributed by atoms with van der Waals surface area (Å²) < 4.78 is 0. The third-order valence-corrected chi connectivity index (χ3v) is 1.33. The van der Waals surface area contributed by atoms with Crippen molar-refractivity contribution in [3.8, 4) is 11.8 Å². The van der Waals surface area contributed by atoms with E-state index in [2.05, 4.69) is 17.2 Å². The molecule has 0 spiro atoms. The van der Waals surface area contributed by atoms with Crippen molar-refractivity contribution in [3.05, 3.63) is 0 Å². The van der Waals surface area contributed by atoms with Gasteiger partial charge in [-0.05, 0) is 13.3 Å². The Kier molecular flexibility index (Phi) is 10.2. The summed E-state index contributed by atoms with van der Waals surface area (Å²) in [4.78, 5) is 9.95. The van der Waals surface area contributed by atoms with Gasteiger partial charge in [0, 0.05) is 12.5 Å². The Morgan fingerprint density at radius 1 is 1.67 bits per heavy atom. The first-order valence-electron chi connectivity index (χ1n) is 3.57. The van der Waals surface area contributed by atoms with E-state index in [0.29, 0.717) is 6.54 Å². The van der Waals surface area contributed by atoms with E-state index >= 15 is 0 Å². The maximum atomic E-state index is 9.95. The zero-order chi connectivity index (χ0) is 8.69. The van der Waals surface area contributed by atoms with Gasteiger partial charge in [-0.2, -0.15) is 0 Å². The molecular formula is C8H12INO2. The third kappa shape index (κ3) is 7.66. The minimum Gasteiger partial charge on any atom is -0.530 e. The Bertz CT molecular complexity index is 183. The van der Waals surface area contributed by atoms with E-state index in [-0.39, 0.29) is 29.9 Å². The summed E-state index contributed by atoms with van der Waals surface area (Å²) >= 11 is 0. The van der Waals surface area contributed by atoms with Gasteiger partial charge in [-0.15, -0.1) is 5.92 Å². The third-order valence-electron chi connectivity index (χ3n) is 1.33. The van der Waals surface area contributed by atoms with Gasteiger partial charge in [-0.25, -0.2) is 0 Å². The van der Waals surface area contributed by atoms with E-state index in [1.807, 2.05) is 6.92 Å². The molecule has 0 rings (SSSR count). The van der Waals surface area contributed by atoms with Crippen LogP contribution in [0.4, 0.5) is 4.79 Å². The highest BCUT2D eigenvalue weighted by molar-refractivity contribution is 5.61. The fourth-order valence-electron chi connectivity index (χ4n) is 0.708. The van der Waals surface area contributed by atoms with Crippen LogP contribution in [0.3, 0.4) is 0 Å². The molecular weight excluding hydrogens is 269 g/mol. The zero-order valence-electron chi connectivity index (χ0n) is 7.19. The summed E-state index contributed by atoms with van der Waals surface area (Å²) in [7, 11) is 0. The minimum absolute atomic E-state index is 0. The van der Waals surface area contributed by atoms with Gasteiger partial charge in [0.1, 0.15) is 6.09 Å². The summed E-state index contributed by atoms with van der Waals surface area (Å²) in [5.74, 6) is 5.73. The second-order valence-electron chi connectivity index (χ2n) is 2.17. The van der Waals surface area contributed by atoms with Crippen LogP contribution in [0.5, 0.6) is 0 Å². The fourth-order valence-corrected chi connectivity index (χ4v) is 0.708. The smallest absolute Gasteiger partial charge is 0.530 e. The van der Waals surface area contributed by atoms with E-state index < -0.39 is 6.09 Å². The molecule has 0 saturated carbocycles. The number of halogens is 1. The SMILES string of the molecule is CC#CC(CC)CNC(=O)[O-].[I+]. The molecule has 1 atom stereocenters. The Morgan fingerprint density at radius 2 is 2.25 bits per heavy atom. The molecule has 0 aliphatic carbocycles. The van der Waals surface area contributed by atoms with Gasteiger partial charge in [-0.1, -0.05) is 12.8 Å². The van der Waals surface area contributed by atoms with Crippen molar-refractivity contribution in [1.82, 2.24) is 5.32 Å². The van der Waals surface area contributed by atoms with Crippen molar-refractivity contribution < 1.29 is 33.9 Å². The largest absolute Gasteiger partial charge is 1.00 e. The van der Waals surface area contributed by atoms with Crippen LogP contribution in [0.25, 0.3) is 0 Å². The molecule has 0 heterocycles. The van der Waals surface area contributed by atoms with Crippen LogP contribution in [-0.2, 0) is 0 Å². The summed E-state index contributed by atoms with van der Waals surface area (Å²) in [5.41, 5.74) is 0. The first kappa shape index (κ1) is 14.1. The number of carbonyl (C=O) groups excluding carboxylic acids is 1. The highest BCUT2D eigenvalue weighted by atomic mass is 127. The van der Waals surface area contributed by atoms with Crippen molar-refractivity contribution in [3.63, 3.8) is 0 Å². The Hall–Kier alpha value is -0.440. The van der Waals surface area contributed by atoms with Crippen LogP contribution in [0.15, 0.2) is 0 Å². The molecule has 0 aliphatic rings. The van der Waals surface area contributed by atoms with Crippen molar-refractivity contribution >= 4 is 6.09 Å². The molecule has 0 aromatic rings. The molecule has 3 nitrogen and oxygen atoms in total. The van der Waals surface area contributed by atoms with Crippen LogP contribution in [0.2, 0.25) is 0 Å². The molecule has 2 radical (unpaired) electrons. The molecule has 0 fully saturated rings. The number of hydrogen-bond donors (Lipinski definition) is 1. The van der Waals surface area contributed by atoms with Crippen molar-refractivity contribution in [2.75, 3.05) is 6.54 Å². The van der Waals surface area contributed by atoms with Crippen LogP contribution in [0, 0.1) is 17.8 Å². The average molecular weight is 281 g/mol. The van der Waals surface area contributed by atoms with E-state index in [9.17, 15) is 9.90 Å². The monoisotopic (exact) mass is 281 g/mol. The van der Waals surface area contributed by atoms with Gasteiger partial charge in [-0.3, -0.25) is 0 Å². The standard InChI is InChI=1S/C8H13NO2.I/c1-3-5-7(4-2)6-9-8(10)11;/h7,9H,4,6H2,1-2H3,(H,10,11);/q;+1/p-1. The molecule has 12 heavy (non-hydrogen) atoms. The van der Waals surface area contributed by atoms with E-state index in [1.165, 1.54) is 0 Å². The van der Waals surface area contributed by atoms with E-state index in [1.54, 1.807) is 6.92 Å². The number of nitrogens with one attached hydrogen (secondary N) is 1. The van der Waals surface area contributed by atoms with E-state index in [4.69, 9.17) is 0 Å². The van der Waals surface area contributed by atoms with Crippen LogP contribution >= 0.6 is 0 Å². The summed E-state index contributed by atoms with van der Waals surface area (Å²) in [5, 5.41) is 12.1. The second-order valence-corrected chi connectivity index (χ2v) is 2.17. The molecule has 4 heteroatoms. The molecule has 0 aliphatic heterocycles. The summed E-state index contributed by atoms with van der Waals surface area (Å²) in [6.45, 7) is 4.06. The van der Waals surface area contributed by atoms with Crippen molar-refractivity contribution in [2.24, 2.45) is 5.92 Å². The fraction of sp³-hybridized carbons (Fsp3) is 0.625. The lowest BCUT2D eigenvalue weighted by atomic mass is 10.1. The highest BCUT2D eigenvalue weighted by Gasteiger charge is 1.99. The molecule has 0 aromatic heterocycles. The number of rotatable bonds is 3. The number of hydrogen-bond acceptors (Lipinski definition) is 2. The lowest BCUT2D eigenvalue weighted by Crippen LogP contribution is -3.00. The normalized spacial score (nSPS) is 10.2. The number of carbonyl (C=O) groups is 1. The molecule has 68 valence electrons. The number of amides is 1. The molecule has 0 aromatic carbocycles. The lowest BCUT2D eigenvalue weighted by Gasteiger charge is -2.10. The van der Waals surface area contributed by atoms with Crippen molar-refractivity contribution in [2.45, 2.75) is 20.3 Å². The first-order valence-corrected chi connectivity index (χ1v) is 3.57. The van der Waals surface area contributed by atoms with Gasteiger partial charge in [0.2, 0.25) is 0 Å². The van der Waals surface area contributed by atoms with Gasteiger partial charge in [0.25, 0.3) is 0 Å². The van der Waals surface area contributed by atoms with Crippen LogP contribution in [-0.4, -0.2) is 12.6 Å². The van der Waals surface area contributed by atoms with Crippen LogP contribution < -0.4 is 34.4 Å². The molecule has 1 unspecified atom stereocenters. The summed E-state index contributed by atoms with van der Waals surface area (Å²) in [6, 6.07) is 0. The molecule has 1 amide bonds. The maximum Gasteiger partial charge on any atom is 1.00 e. The Balaban J connectivity index is 0. The number of carboxylic acid groups (broad SMARTS) is 1. The average Bonchev–Trinajstić information content (AvgIpc) is 1.97. The lowest BCUT2D eigenvalue weighted by molar-refractivity contribution is -0.250. The van der Waals surface area contributed by atoms with Crippen LogP contribution in [0.1, 0.15) is 20.3 Å². The zero-order valence-corrected chi connectivity index (χ0v) is 9.34. The van der Waals surface area contributed by atoms with E-state index in [0.717, 1.165) is 6.42 Å². The second kappa shape index (κ2) is 8.65. The maximum absolute atomic E-state index is 9.95.